The number of rotatable bonds is 2. The number of anilines is 1. The first-order valence-electron chi connectivity index (χ1n) is 8.89. The highest BCUT2D eigenvalue weighted by Gasteiger charge is 2.28. The lowest BCUT2D eigenvalue weighted by molar-refractivity contribution is 0.116. The highest BCUT2D eigenvalue weighted by molar-refractivity contribution is 5.89. The molecule has 2 aliphatic heterocycles. The van der Waals surface area contributed by atoms with E-state index in [1.807, 2.05) is 0 Å². The minimum absolute atomic E-state index is 0.355. The number of nitrogens with zero attached hydrogens (tertiary/aromatic N) is 2. The van der Waals surface area contributed by atoms with Crippen molar-refractivity contribution < 1.29 is 13.6 Å². The van der Waals surface area contributed by atoms with Crippen LogP contribution in [0.1, 0.15) is 38.5 Å². The molecule has 132 valence electrons. The van der Waals surface area contributed by atoms with Gasteiger partial charge in [0, 0.05) is 19.1 Å². The minimum atomic E-state index is -0.746. The first-order chi connectivity index (χ1) is 11.6. The summed E-state index contributed by atoms with van der Waals surface area (Å²) in [5, 5.41) is 2.40. The maximum Gasteiger partial charge on any atom is 0.322 e. The summed E-state index contributed by atoms with van der Waals surface area (Å²) >= 11 is 0. The summed E-state index contributed by atoms with van der Waals surface area (Å²) in [6.07, 6.45) is 6.98. The van der Waals surface area contributed by atoms with E-state index in [1.165, 1.54) is 31.7 Å². The van der Waals surface area contributed by atoms with Crippen LogP contribution in [0.4, 0.5) is 19.3 Å². The summed E-state index contributed by atoms with van der Waals surface area (Å²) in [6, 6.07) is 3.52. The fourth-order valence-corrected chi connectivity index (χ4v) is 3.70. The number of nitrogens with one attached hydrogen (secondary N) is 1. The minimum Gasteiger partial charge on any atom is -0.323 e. The zero-order valence-electron chi connectivity index (χ0n) is 13.9. The van der Waals surface area contributed by atoms with Gasteiger partial charge in [-0.25, -0.2) is 13.6 Å². The molecule has 0 radical (unpaired) electrons. The number of hydrogen-bond donors (Lipinski definition) is 1. The Morgan fingerprint density at radius 1 is 1.00 bits per heavy atom. The molecule has 0 unspecified atom stereocenters. The highest BCUT2D eigenvalue weighted by atomic mass is 19.1. The molecule has 1 atom stereocenters. The first-order valence-corrected chi connectivity index (χ1v) is 8.89. The van der Waals surface area contributed by atoms with Crippen molar-refractivity contribution in [1.29, 1.82) is 0 Å². The lowest BCUT2D eigenvalue weighted by Gasteiger charge is -2.39. The van der Waals surface area contributed by atoms with Gasteiger partial charge in [0.25, 0.3) is 0 Å². The molecular weight excluding hydrogens is 312 g/mol. The third-order valence-electron chi connectivity index (χ3n) is 5.04. The number of likely N-dealkylation sites (tertiary alicyclic amines) is 2. The molecule has 1 aromatic rings. The van der Waals surface area contributed by atoms with Crippen LogP contribution in [-0.4, -0.2) is 48.1 Å². The normalized spacial score (nSPS) is 22.9. The van der Waals surface area contributed by atoms with Crippen LogP contribution >= 0.6 is 0 Å². The smallest absolute Gasteiger partial charge is 0.322 e. The molecule has 0 bridgehead atoms. The molecule has 1 aromatic carbocycles. The Morgan fingerprint density at radius 2 is 1.67 bits per heavy atom. The molecule has 2 heterocycles. The number of carbonyl (C=O) groups excluding carboxylic acids is 1. The second-order valence-electron chi connectivity index (χ2n) is 6.72. The van der Waals surface area contributed by atoms with E-state index in [4.69, 9.17) is 0 Å². The number of hydrogen-bond acceptors (Lipinski definition) is 2. The number of urea groups is 1. The predicted octanol–water partition coefficient (Wildman–Crippen LogP) is 3.84. The molecular formula is C18H25F2N3O. The summed E-state index contributed by atoms with van der Waals surface area (Å²) < 4.78 is 27.4. The second-order valence-corrected chi connectivity index (χ2v) is 6.72. The van der Waals surface area contributed by atoms with Crippen molar-refractivity contribution in [2.24, 2.45) is 0 Å². The van der Waals surface area contributed by atoms with Gasteiger partial charge in [-0.3, -0.25) is 4.90 Å². The van der Waals surface area contributed by atoms with E-state index in [9.17, 15) is 13.6 Å². The van der Waals surface area contributed by atoms with Crippen molar-refractivity contribution in [2.75, 3.05) is 31.5 Å². The van der Waals surface area contributed by atoms with Crippen LogP contribution in [0.3, 0.4) is 0 Å². The summed E-state index contributed by atoms with van der Waals surface area (Å²) in [7, 11) is 0. The van der Waals surface area contributed by atoms with Gasteiger partial charge in [-0.05, 0) is 50.9 Å². The molecule has 2 fully saturated rings. The Kier molecular flexibility index (Phi) is 5.66. The van der Waals surface area contributed by atoms with E-state index in [-0.39, 0.29) is 5.69 Å². The fourth-order valence-electron chi connectivity index (χ4n) is 3.70. The van der Waals surface area contributed by atoms with Gasteiger partial charge < -0.3 is 10.2 Å². The molecule has 6 heteroatoms. The average molecular weight is 337 g/mol. The Hall–Kier alpha value is -1.69. The van der Waals surface area contributed by atoms with Gasteiger partial charge in [-0.1, -0.05) is 18.9 Å². The van der Waals surface area contributed by atoms with E-state index in [0.717, 1.165) is 38.1 Å². The van der Waals surface area contributed by atoms with Crippen LogP contribution in [0.15, 0.2) is 18.2 Å². The number of halogens is 2. The van der Waals surface area contributed by atoms with Crippen molar-refractivity contribution in [3.05, 3.63) is 29.8 Å². The summed E-state index contributed by atoms with van der Waals surface area (Å²) in [5.74, 6) is -1.49. The molecule has 2 aliphatic rings. The van der Waals surface area contributed by atoms with Crippen molar-refractivity contribution in [1.82, 2.24) is 9.80 Å². The number of para-hydroxylation sites is 1. The van der Waals surface area contributed by atoms with Crippen LogP contribution in [-0.2, 0) is 0 Å². The monoisotopic (exact) mass is 337 g/mol. The lowest BCUT2D eigenvalue weighted by atomic mass is 10.0. The number of amides is 2. The van der Waals surface area contributed by atoms with Gasteiger partial charge in [0.15, 0.2) is 0 Å². The van der Waals surface area contributed by atoms with Crippen LogP contribution in [0.5, 0.6) is 0 Å². The van der Waals surface area contributed by atoms with E-state index in [2.05, 4.69) is 10.2 Å². The summed E-state index contributed by atoms with van der Waals surface area (Å²) in [5.41, 5.74) is -0.362. The molecule has 4 nitrogen and oxygen atoms in total. The van der Waals surface area contributed by atoms with Crippen molar-refractivity contribution in [2.45, 2.75) is 44.6 Å². The number of piperidine rings is 1. The molecule has 0 aromatic heterocycles. The van der Waals surface area contributed by atoms with Gasteiger partial charge in [0.1, 0.15) is 17.3 Å². The lowest BCUT2D eigenvalue weighted by Crippen LogP contribution is -2.51. The standard InChI is InChI=1S/C18H25F2N3O/c19-15-8-5-9-16(20)17(15)21-18(24)23-12-6-7-14(13-23)22-10-3-1-2-4-11-22/h5,8-9,14H,1-4,6-7,10-13H2,(H,21,24)/t14-/m0/s1. The van der Waals surface area contributed by atoms with E-state index >= 15 is 0 Å². The zero-order chi connectivity index (χ0) is 16.9. The predicted molar refractivity (Wildman–Crippen MR) is 90.0 cm³/mol. The van der Waals surface area contributed by atoms with Gasteiger partial charge in [-0.15, -0.1) is 0 Å². The molecule has 0 spiro atoms. The van der Waals surface area contributed by atoms with Crippen LogP contribution in [0.2, 0.25) is 0 Å². The summed E-state index contributed by atoms with van der Waals surface area (Å²) in [4.78, 5) is 16.6. The molecule has 3 rings (SSSR count). The topological polar surface area (TPSA) is 35.6 Å². The van der Waals surface area contributed by atoms with Crippen molar-refractivity contribution in [3.8, 4) is 0 Å². The molecule has 24 heavy (non-hydrogen) atoms. The molecule has 2 saturated heterocycles. The zero-order valence-corrected chi connectivity index (χ0v) is 13.9. The second kappa shape index (κ2) is 7.92. The van der Waals surface area contributed by atoms with E-state index in [0.29, 0.717) is 19.1 Å². The molecule has 1 N–H and O–H groups in total. The van der Waals surface area contributed by atoms with Gasteiger partial charge in [0.05, 0.1) is 0 Å². The first kappa shape index (κ1) is 17.1. The molecule has 0 aliphatic carbocycles. The van der Waals surface area contributed by atoms with Crippen LogP contribution in [0, 0.1) is 11.6 Å². The third kappa shape index (κ3) is 4.04. The Morgan fingerprint density at radius 3 is 2.33 bits per heavy atom. The third-order valence-corrected chi connectivity index (χ3v) is 5.04. The Bertz CT molecular complexity index is 553. The maximum atomic E-state index is 13.7. The van der Waals surface area contributed by atoms with Gasteiger partial charge in [-0.2, -0.15) is 0 Å². The Labute approximate surface area is 141 Å². The van der Waals surface area contributed by atoms with Gasteiger partial charge >= 0.3 is 6.03 Å². The number of carbonyl (C=O) groups is 1. The highest BCUT2D eigenvalue weighted by Crippen LogP contribution is 2.22. The number of benzene rings is 1. The van der Waals surface area contributed by atoms with E-state index in [1.54, 1.807) is 4.90 Å². The van der Waals surface area contributed by atoms with Crippen LogP contribution in [0.25, 0.3) is 0 Å². The summed E-state index contributed by atoms with van der Waals surface area (Å²) in [6.45, 7) is 3.43. The van der Waals surface area contributed by atoms with Crippen molar-refractivity contribution in [3.63, 3.8) is 0 Å². The fraction of sp³-hybridized carbons (Fsp3) is 0.611. The van der Waals surface area contributed by atoms with Crippen molar-refractivity contribution >= 4 is 11.7 Å². The van der Waals surface area contributed by atoms with Gasteiger partial charge in [0.2, 0.25) is 0 Å². The van der Waals surface area contributed by atoms with Crippen LogP contribution < -0.4 is 5.32 Å². The van der Waals surface area contributed by atoms with E-state index < -0.39 is 17.7 Å². The maximum absolute atomic E-state index is 13.7. The largest absolute Gasteiger partial charge is 0.323 e. The molecule has 2 amide bonds. The average Bonchev–Trinajstić information content (AvgIpc) is 2.87. The Balaban J connectivity index is 1.62. The SMILES string of the molecule is O=C(Nc1c(F)cccc1F)N1CCC[C@H](N2CCCCCC2)C1. The molecule has 0 saturated carbocycles. The quantitative estimate of drug-likeness (QED) is 0.890.